The predicted molar refractivity (Wildman–Crippen MR) is 86.9 cm³/mol. The number of carbonyl (C=O) groups is 2. The van der Waals surface area contributed by atoms with Crippen LogP contribution in [0.15, 0.2) is 0 Å². The van der Waals surface area contributed by atoms with Crippen molar-refractivity contribution in [2.75, 3.05) is 13.2 Å². The fraction of sp³-hybridized carbons (Fsp3) is 0.200. The maximum Gasteiger partial charge on any atom is 0.351 e. The first-order valence-corrected chi connectivity index (χ1v) is 8.54. The molecule has 2 aromatic heterocycles. The Morgan fingerprint density at radius 2 is 1.55 bits per heavy atom. The second-order valence-electron chi connectivity index (χ2n) is 3.62. The summed E-state index contributed by atoms with van der Waals surface area (Å²) in [4.78, 5) is 23.8. The van der Waals surface area contributed by atoms with Gasteiger partial charge in [0.05, 0.1) is 6.54 Å². The standard InChI is InChI=1S/C10H5Cl4N3O3S2/c11-3-5(21-16-7(3)13)9(18)15-1-2-20-10(19)6-4(12)8(14)17-22-6/h1-2H2,(H,15,18). The van der Waals surface area contributed by atoms with Gasteiger partial charge in [0.2, 0.25) is 0 Å². The van der Waals surface area contributed by atoms with Gasteiger partial charge in [-0.1, -0.05) is 46.4 Å². The third-order valence-electron chi connectivity index (χ3n) is 2.21. The molecule has 1 amide bonds. The molecular formula is C10H5Cl4N3O3S2. The van der Waals surface area contributed by atoms with Crippen LogP contribution in [0.1, 0.15) is 19.3 Å². The minimum Gasteiger partial charge on any atom is -0.460 e. The van der Waals surface area contributed by atoms with E-state index < -0.39 is 11.9 Å². The van der Waals surface area contributed by atoms with Crippen molar-refractivity contribution < 1.29 is 14.3 Å². The molecule has 0 spiro atoms. The van der Waals surface area contributed by atoms with Crippen LogP contribution in [0, 0.1) is 0 Å². The Balaban J connectivity index is 1.80. The number of carbonyl (C=O) groups excluding carboxylic acids is 2. The molecule has 0 aliphatic heterocycles. The highest BCUT2D eigenvalue weighted by Crippen LogP contribution is 2.29. The van der Waals surface area contributed by atoms with Crippen molar-refractivity contribution in [1.82, 2.24) is 14.1 Å². The van der Waals surface area contributed by atoms with E-state index in [9.17, 15) is 9.59 Å². The summed E-state index contributed by atoms with van der Waals surface area (Å²) in [5, 5.41) is 2.77. The minimum absolute atomic E-state index is 0.0450. The average molecular weight is 421 g/mol. The van der Waals surface area contributed by atoms with E-state index in [4.69, 9.17) is 51.1 Å². The lowest BCUT2D eigenvalue weighted by atomic mass is 10.4. The fourth-order valence-electron chi connectivity index (χ4n) is 1.24. The van der Waals surface area contributed by atoms with Crippen LogP contribution in [-0.2, 0) is 4.74 Å². The molecule has 0 bridgehead atoms. The highest BCUT2D eigenvalue weighted by Gasteiger charge is 2.19. The molecule has 0 aromatic carbocycles. The molecule has 0 aliphatic rings. The Hall–Kier alpha value is -0.640. The molecule has 2 rings (SSSR count). The highest BCUT2D eigenvalue weighted by atomic mass is 35.5. The second-order valence-corrected chi connectivity index (χ2v) is 6.64. The Morgan fingerprint density at radius 3 is 2.05 bits per heavy atom. The first-order chi connectivity index (χ1) is 10.4. The predicted octanol–water partition coefficient (Wildman–Crippen LogP) is 3.80. The molecule has 118 valence electrons. The van der Waals surface area contributed by atoms with E-state index >= 15 is 0 Å². The molecule has 0 radical (unpaired) electrons. The number of amides is 1. The lowest BCUT2D eigenvalue weighted by Crippen LogP contribution is -2.27. The Bertz CT molecular complexity index is 658. The molecule has 6 nitrogen and oxygen atoms in total. The Labute approximate surface area is 152 Å². The zero-order valence-electron chi connectivity index (χ0n) is 10.4. The molecule has 0 saturated carbocycles. The molecule has 0 atom stereocenters. The van der Waals surface area contributed by atoms with Gasteiger partial charge in [0.15, 0.2) is 15.2 Å². The third-order valence-corrected chi connectivity index (χ3v) is 5.78. The lowest BCUT2D eigenvalue weighted by molar-refractivity contribution is 0.0509. The van der Waals surface area contributed by atoms with Gasteiger partial charge in [-0.15, -0.1) is 0 Å². The van der Waals surface area contributed by atoms with E-state index in [1.165, 1.54) is 0 Å². The second kappa shape index (κ2) is 7.76. The summed E-state index contributed by atoms with van der Waals surface area (Å²) in [6.45, 7) is 0.0289. The van der Waals surface area contributed by atoms with Crippen molar-refractivity contribution in [1.29, 1.82) is 0 Å². The van der Waals surface area contributed by atoms with E-state index in [0.29, 0.717) is 0 Å². The molecule has 0 saturated heterocycles. The summed E-state index contributed by atoms with van der Waals surface area (Å²) in [5.74, 6) is -1.12. The SMILES string of the molecule is O=C(NCCOC(=O)c1snc(Cl)c1Cl)c1snc(Cl)c1Cl. The zero-order valence-corrected chi connectivity index (χ0v) is 15.0. The van der Waals surface area contributed by atoms with Crippen LogP contribution in [0.25, 0.3) is 0 Å². The van der Waals surface area contributed by atoms with Crippen molar-refractivity contribution in [2.24, 2.45) is 0 Å². The fourth-order valence-corrected chi connectivity index (χ4v) is 3.47. The minimum atomic E-state index is -0.664. The molecule has 22 heavy (non-hydrogen) atoms. The maximum absolute atomic E-state index is 11.8. The number of hydrogen-bond donors (Lipinski definition) is 1. The van der Waals surface area contributed by atoms with Crippen molar-refractivity contribution in [3.8, 4) is 0 Å². The normalized spacial score (nSPS) is 10.5. The van der Waals surface area contributed by atoms with Crippen molar-refractivity contribution in [3.05, 3.63) is 30.1 Å². The summed E-state index contributed by atoms with van der Waals surface area (Å²) in [6, 6.07) is 0. The Kier molecular flexibility index (Phi) is 6.25. The number of halogens is 4. The Morgan fingerprint density at radius 1 is 1.00 bits per heavy atom. The molecule has 1 N–H and O–H groups in total. The van der Waals surface area contributed by atoms with Gasteiger partial charge in [-0.2, -0.15) is 8.75 Å². The summed E-state index contributed by atoms with van der Waals surface area (Å²) >= 11 is 24.6. The number of nitrogens with zero attached hydrogens (tertiary/aromatic N) is 2. The van der Waals surface area contributed by atoms with Gasteiger partial charge in [0.1, 0.15) is 21.5 Å². The maximum atomic E-state index is 11.8. The summed E-state index contributed by atoms with van der Waals surface area (Å²) in [7, 11) is 0. The van der Waals surface area contributed by atoms with Gasteiger partial charge in [0.25, 0.3) is 5.91 Å². The van der Waals surface area contributed by atoms with Gasteiger partial charge in [-0.05, 0) is 23.1 Å². The first-order valence-electron chi connectivity index (χ1n) is 5.48. The van der Waals surface area contributed by atoms with Crippen molar-refractivity contribution >= 4 is 81.3 Å². The van der Waals surface area contributed by atoms with E-state index in [2.05, 4.69) is 14.1 Å². The van der Waals surface area contributed by atoms with Crippen molar-refractivity contribution in [2.45, 2.75) is 0 Å². The van der Waals surface area contributed by atoms with Crippen LogP contribution in [0.3, 0.4) is 0 Å². The number of ether oxygens (including phenoxy) is 1. The van der Waals surface area contributed by atoms with Crippen LogP contribution in [-0.4, -0.2) is 33.8 Å². The first kappa shape index (κ1) is 17.7. The van der Waals surface area contributed by atoms with Gasteiger partial charge in [-0.25, -0.2) is 4.79 Å². The smallest absolute Gasteiger partial charge is 0.351 e. The van der Waals surface area contributed by atoms with E-state index in [1.54, 1.807) is 0 Å². The van der Waals surface area contributed by atoms with Crippen LogP contribution in [0.2, 0.25) is 20.4 Å². The highest BCUT2D eigenvalue weighted by molar-refractivity contribution is 7.09. The summed E-state index contributed by atoms with van der Waals surface area (Å²) in [5.41, 5.74) is 0. The largest absolute Gasteiger partial charge is 0.460 e. The monoisotopic (exact) mass is 419 g/mol. The zero-order chi connectivity index (χ0) is 16.3. The third kappa shape index (κ3) is 4.01. The van der Waals surface area contributed by atoms with Gasteiger partial charge in [0, 0.05) is 0 Å². The van der Waals surface area contributed by atoms with Gasteiger partial charge >= 0.3 is 5.97 Å². The van der Waals surface area contributed by atoms with E-state index in [0.717, 1.165) is 23.1 Å². The number of hydrogen-bond acceptors (Lipinski definition) is 7. The number of esters is 1. The number of aromatic nitrogens is 2. The lowest BCUT2D eigenvalue weighted by Gasteiger charge is -2.05. The number of rotatable bonds is 5. The molecule has 0 aliphatic carbocycles. The van der Waals surface area contributed by atoms with E-state index in [-0.39, 0.29) is 43.3 Å². The van der Waals surface area contributed by atoms with Crippen molar-refractivity contribution in [3.63, 3.8) is 0 Å². The van der Waals surface area contributed by atoms with Crippen LogP contribution >= 0.6 is 69.5 Å². The number of nitrogens with one attached hydrogen (secondary N) is 1. The van der Waals surface area contributed by atoms with Gasteiger partial charge in [-0.3, -0.25) is 4.79 Å². The van der Waals surface area contributed by atoms with Crippen LogP contribution < -0.4 is 5.32 Å². The average Bonchev–Trinajstić information content (AvgIpc) is 2.99. The molecular weight excluding hydrogens is 416 g/mol. The quantitative estimate of drug-likeness (QED) is 0.587. The molecule has 12 heteroatoms. The summed E-state index contributed by atoms with van der Waals surface area (Å²) < 4.78 is 12.4. The molecule has 2 aromatic rings. The van der Waals surface area contributed by atoms with Crippen LogP contribution in [0.5, 0.6) is 0 Å². The molecule has 0 fully saturated rings. The molecule has 0 unspecified atom stereocenters. The van der Waals surface area contributed by atoms with Crippen LogP contribution in [0.4, 0.5) is 0 Å². The summed E-state index contributed by atoms with van der Waals surface area (Å²) in [6.07, 6.45) is 0. The van der Waals surface area contributed by atoms with E-state index in [1.807, 2.05) is 0 Å². The van der Waals surface area contributed by atoms with Gasteiger partial charge < -0.3 is 10.1 Å². The topological polar surface area (TPSA) is 81.2 Å². The molecule has 2 heterocycles.